The molecule has 23 heavy (non-hydrogen) atoms. The lowest BCUT2D eigenvalue weighted by Crippen LogP contribution is -2.38. The second-order valence-electron chi connectivity index (χ2n) is 5.85. The fourth-order valence-electron chi connectivity index (χ4n) is 2.89. The summed E-state index contributed by atoms with van der Waals surface area (Å²) in [6.45, 7) is 7.23. The van der Waals surface area contributed by atoms with Crippen molar-refractivity contribution in [3.8, 4) is 11.5 Å². The fourth-order valence-corrected chi connectivity index (χ4v) is 4.10. The molecular formula is C19H23NO2S. The van der Waals surface area contributed by atoms with Crippen LogP contribution in [0.1, 0.15) is 24.5 Å². The first kappa shape index (κ1) is 16.1. The van der Waals surface area contributed by atoms with Gasteiger partial charge in [-0.1, -0.05) is 19.1 Å². The van der Waals surface area contributed by atoms with Gasteiger partial charge in [0.2, 0.25) is 0 Å². The van der Waals surface area contributed by atoms with E-state index in [1.54, 1.807) is 7.11 Å². The minimum absolute atomic E-state index is 0.371. The van der Waals surface area contributed by atoms with Crippen LogP contribution in [0.5, 0.6) is 11.5 Å². The quantitative estimate of drug-likeness (QED) is 0.736. The summed E-state index contributed by atoms with van der Waals surface area (Å²) < 4.78 is 13.7. The minimum Gasteiger partial charge on any atom is -0.497 e. The van der Waals surface area contributed by atoms with Crippen LogP contribution in [-0.2, 0) is 0 Å². The molecule has 1 unspecified atom stereocenters. The van der Waals surface area contributed by atoms with E-state index in [-0.39, 0.29) is 0 Å². The van der Waals surface area contributed by atoms with Crippen LogP contribution < -0.4 is 13.8 Å². The molecule has 0 fully saturated rings. The highest BCUT2D eigenvalue weighted by molar-refractivity contribution is 8.00. The van der Waals surface area contributed by atoms with E-state index in [4.69, 9.17) is 9.47 Å². The van der Waals surface area contributed by atoms with Crippen LogP contribution >= 0.6 is 11.9 Å². The van der Waals surface area contributed by atoms with E-state index >= 15 is 0 Å². The number of ether oxygens (including phenoxy) is 2. The summed E-state index contributed by atoms with van der Waals surface area (Å²) >= 11 is 1.81. The number of methoxy groups -OCH3 is 1. The summed E-state index contributed by atoms with van der Waals surface area (Å²) in [6.07, 6.45) is 1.05. The van der Waals surface area contributed by atoms with Gasteiger partial charge in [0, 0.05) is 4.90 Å². The zero-order valence-corrected chi connectivity index (χ0v) is 14.9. The van der Waals surface area contributed by atoms with Crippen LogP contribution in [0, 0.1) is 13.8 Å². The second kappa shape index (κ2) is 6.75. The van der Waals surface area contributed by atoms with Gasteiger partial charge in [-0.3, -0.25) is 0 Å². The number of rotatable bonds is 4. The van der Waals surface area contributed by atoms with Gasteiger partial charge in [0.1, 0.15) is 18.1 Å². The molecule has 0 amide bonds. The van der Waals surface area contributed by atoms with Crippen molar-refractivity contribution in [2.75, 3.05) is 18.0 Å². The Morgan fingerprint density at radius 1 is 1.22 bits per heavy atom. The second-order valence-corrected chi connectivity index (χ2v) is 6.83. The Bertz CT molecular complexity index is 679. The van der Waals surface area contributed by atoms with Crippen molar-refractivity contribution in [1.29, 1.82) is 0 Å². The lowest BCUT2D eigenvalue weighted by Gasteiger charge is -2.37. The predicted octanol–water partition coefficient (Wildman–Crippen LogP) is 5.00. The van der Waals surface area contributed by atoms with E-state index in [9.17, 15) is 0 Å². The molecule has 122 valence electrons. The van der Waals surface area contributed by atoms with Gasteiger partial charge in [-0.15, -0.1) is 0 Å². The number of benzene rings is 2. The van der Waals surface area contributed by atoms with Crippen LogP contribution in [0.25, 0.3) is 0 Å². The normalized spacial score (nSPS) is 16.7. The first-order valence-corrected chi connectivity index (χ1v) is 8.75. The van der Waals surface area contributed by atoms with Crippen LogP contribution in [0.3, 0.4) is 0 Å². The van der Waals surface area contributed by atoms with Gasteiger partial charge >= 0.3 is 0 Å². The zero-order valence-electron chi connectivity index (χ0n) is 14.1. The van der Waals surface area contributed by atoms with Crippen LogP contribution in [0.4, 0.5) is 5.69 Å². The molecule has 0 saturated heterocycles. The van der Waals surface area contributed by atoms with Gasteiger partial charge in [-0.25, -0.2) is 0 Å². The minimum atomic E-state index is 0.371. The molecule has 0 aliphatic carbocycles. The monoisotopic (exact) mass is 329 g/mol. The van der Waals surface area contributed by atoms with E-state index < -0.39 is 0 Å². The number of hydrogen-bond donors (Lipinski definition) is 0. The number of nitrogens with zero attached hydrogens (tertiary/aromatic N) is 1. The number of hydrogen-bond acceptors (Lipinski definition) is 4. The van der Waals surface area contributed by atoms with Crippen molar-refractivity contribution in [2.24, 2.45) is 0 Å². The third-order valence-electron chi connectivity index (χ3n) is 4.20. The molecule has 2 aromatic rings. The van der Waals surface area contributed by atoms with Crippen LogP contribution in [-0.4, -0.2) is 19.8 Å². The highest BCUT2D eigenvalue weighted by Crippen LogP contribution is 2.43. The third-order valence-corrected chi connectivity index (χ3v) is 5.71. The molecule has 0 spiro atoms. The van der Waals surface area contributed by atoms with Crippen molar-refractivity contribution in [3.05, 3.63) is 47.5 Å². The molecule has 1 aliphatic heterocycles. The number of aryl methyl sites for hydroxylation is 2. The van der Waals surface area contributed by atoms with Crippen LogP contribution in [0.2, 0.25) is 0 Å². The SMILES string of the molecule is CCC1COc2ccccc2N1Sc1c(C)cc(OC)cc1C. The average Bonchev–Trinajstić information content (AvgIpc) is 2.57. The van der Waals surface area contributed by atoms with Crippen molar-refractivity contribution in [2.45, 2.75) is 38.1 Å². The summed E-state index contributed by atoms with van der Waals surface area (Å²) in [4.78, 5) is 1.29. The lowest BCUT2D eigenvalue weighted by molar-refractivity contribution is 0.273. The van der Waals surface area contributed by atoms with Crippen molar-refractivity contribution >= 4 is 17.6 Å². The van der Waals surface area contributed by atoms with Gasteiger partial charge in [0.25, 0.3) is 0 Å². The largest absolute Gasteiger partial charge is 0.497 e. The first-order valence-electron chi connectivity index (χ1n) is 7.98. The maximum Gasteiger partial charge on any atom is 0.143 e. The molecule has 3 rings (SSSR count). The van der Waals surface area contributed by atoms with E-state index in [0.29, 0.717) is 6.04 Å². The molecule has 1 atom stereocenters. The van der Waals surface area contributed by atoms with Gasteiger partial charge in [0.15, 0.2) is 0 Å². The van der Waals surface area contributed by atoms with Crippen LogP contribution in [0.15, 0.2) is 41.3 Å². The highest BCUT2D eigenvalue weighted by atomic mass is 32.2. The van der Waals surface area contributed by atoms with Crippen molar-refractivity contribution in [3.63, 3.8) is 0 Å². The standard InChI is InChI=1S/C19H23NO2S/c1-5-15-12-22-18-9-7-6-8-17(18)20(15)23-19-13(2)10-16(21-4)11-14(19)3/h6-11,15H,5,12H2,1-4H3. The predicted molar refractivity (Wildman–Crippen MR) is 96.8 cm³/mol. The van der Waals surface area contributed by atoms with Gasteiger partial charge in [-0.2, -0.15) is 0 Å². The summed E-state index contributed by atoms with van der Waals surface area (Å²) in [5.74, 6) is 1.88. The molecule has 0 N–H and O–H groups in total. The molecule has 1 aliphatic rings. The third kappa shape index (κ3) is 3.13. The maximum atomic E-state index is 5.92. The van der Waals surface area contributed by atoms with Gasteiger partial charge in [0.05, 0.1) is 18.8 Å². The van der Waals surface area contributed by atoms with E-state index in [1.165, 1.54) is 16.0 Å². The first-order chi connectivity index (χ1) is 11.1. The highest BCUT2D eigenvalue weighted by Gasteiger charge is 2.28. The Morgan fingerprint density at radius 3 is 2.57 bits per heavy atom. The Balaban J connectivity index is 1.98. The summed E-state index contributed by atoms with van der Waals surface area (Å²) in [5, 5.41) is 0. The van der Waals surface area contributed by atoms with Crippen molar-refractivity contribution < 1.29 is 9.47 Å². The summed E-state index contributed by atoms with van der Waals surface area (Å²) in [5.41, 5.74) is 3.64. The number of anilines is 1. The number of fused-ring (bicyclic) bond motifs is 1. The molecule has 0 bridgehead atoms. The Labute approximate surface area is 142 Å². The van der Waals surface area contributed by atoms with Gasteiger partial charge < -0.3 is 13.8 Å². The van der Waals surface area contributed by atoms with Gasteiger partial charge in [-0.05, 0) is 67.6 Å². The summed E-state index contributed by atoms with van der Waals surface area (Å²) in [7, 11) is 1.71. The average molecular weight is 329 g/mol. The maximum absolute atomic E-state index is 5.92. The zero-order chi connectivity index (χ0) is 16.4. The molecule has 1 heterocycles. The molecule has 0 aromatic heterocycles. The molecule has 3 nitrogen and oxygen atoms in total. The topological polar surface area (TPSA) is 21.7 Å². The fraction of sp³-hybridized carbons (Fsp3) is 0.368. The Morgan fingerprint density at radius 2 is 1.91 bits per heavy atom. The molecule has 2 aromatic carbocycles. The Hall–Kier alpha value is -1.81. The smallest absolute Gasteiger partial charge is 0.143 e. The molecular weight excluding hydrogens is 306 g/mol. The number of para-hydroxylation sites is 2. The molecule has 0 saturated carbocycles. The lowest BCUT2D eigenvalue weighted by atomic mass is 10.1. The van der Waals surface area contributed by atoms with E-state index in [1.807, 2.05) is 24.1 Å². The van der Waals surface area contributed by atoms with E-state index in [2.05, 4.69) is 49.3 Å². The summed E-state index contributed by atoms with van der Waals surface area (Å²) in [6, 6.07) is 12.8. The van der Waals surface area contributed by atoms with E-state index in [0.717, 1.165) is 30.2 Å². The molecule has 0 radical (unpaired) electrons. The Kier molecular flexibility index (Phi) is 4.71. The molecule has 4 heteroatoms. The van der Waals surface area contributed by atoms with Crippen molar-refractivity contribution in [1.82, 2.24) is 0 Å².